The minimum atomic E-state index is -8.94. The molecule has 0 unspecified atom stereocenters. The molecule has 0 aliphatic heterocycles. The number of hydrogen-bond acceptors (Lipinski definition) is 3. The predicted molar refractivity (Wildman–Crippen MR) is 150 cm³/mol. The van der Waals surface area contributed by atoms with Gasteiger partial charge in [0, 0.05) is 0 Å². The van der Waals surface area contributed by atoms with Crippen molar-refractivity contribution in [1.29, 1.82) is 0 Å². The molecule has 0 N–H and O–H groups in total. The zero-order valence-electron chi connectivity index (χ0n) is 23.5. The summed E-state index contributed by atoms with van der Waals surface area (Å²) in [7, 11) is -7.81. The maximum absolute atomic E-state index is 15.1. The van der Waals surface area contributed by atoms with Crippen molar-refractivity contribution in [3.8, 4) is 0 Å². The second-order valence-electron chi connectivity index (χ2n) is 10.1. The van der Waals surface area contributed by atoms with Crippen LogP contribution in [0.25, 0.3) is 21.5 Å². The molecular formula is C28H14F17IO3S. The average Bonchev–Trinajstić information content (AvgIpc) is 3.02. The molecule has 0 aliphatic rings. The third kappa shape index (κ3) is 5.62. The second-order valence-corrected chi connectivity index (χ2v) is 16.5. The molecule has 0 heterocycles. The minimum absolute atomic E-state index is 0.00254. The van der Waals surface area contributed by atoms with E-state index >= 15 is 8.78 Å². The van der Waals surface area contributed by atoms with Crippen molar-refractivity contribution < 1.29 is 85.6 Å². The first-order chi connectivity index (χ1) is 22.5. The summed E-state index contributed by atoms with van der Waals surface area (Å²) in [4.78, 5) is 0. The molecule has 0 spiro atoms. The quantitative estimate of drug-likeness (QED) is 0.111. The van der Waals surface area contributed by atoms with Crippen molar-refractivity contribution >= 4 is 51.9 Å². The summed E-state index contributed by atoms with van der Waals surface area (Å²) >= 11 is -4.83. The summed E-state index contributed by atoms with van der Waals surface area (Å²) in [5.74, 6) is -52.2. The van der Waals surface area contributed by atoms with E-state index in [-0.39, 0.29) is 28.7 Å². The third-order valence-electron chi connectivity index (χ3n) is 7.00. The second kappa shape index (κ2) is 12.2. The van der Waals surface area contributed by atoms with Crippen molar-refractivity contribution in [3.05, 3.63) is 92.1 Å². The van der Waals surface area contributed by atoms with Crippen molar-refractivity contribution in [3.63, 3.8) is 0 Å². The fourth-order valence-electron chi connectivity index (χ4n) is 4.28. The number of benzene rings is 4. The van der Waals surface area contributed by atoms with Crippen molar-refractivity contribution in [2.75, 3.05) is 0 Å². The molecule has 50 heavy (non-hydrogen) atoms. The Morgan fingerprint density at radius 2 is 0.740 bits per heavy atom. The van der Waals surface area contributed by atoms with Crippen LogP contribution in [0.2, 0.25) is 0 Å². The molecule has 0 aromatic heterocycles. The van der Waals surface area contributed by atoms with Gasteiger partial charge < -0.3 is 0 Å². The van der Waals surface area contributed by atoms with Crippen molar-refractivity contribution in [1.82, 2.24) is 0 Å². The van der Waals surface area contributed by atoms with E-state index in [1.807, 2.05) is 0 Å². The number of halogens is 18. The molecule has 0 atom stereocenters. The first kappa shape index (κ1) is 39.6. The van der Waals surface area contributed by atoms with E-state index in [1.54, 1.807) is 0 Å². The van der Waals surface area contributed by atoms with Crippen LogP contribution in [0.5, 0.6) is 0 Å². The zero-order valence-corrected chi connectivity index (χ0v) is 26.5. The van der Waals surface area contributed by atoms with Crippen LogP contribution in [-0.2, 0) is 12.6 Å². The summed E-state index contributed by atoms with van der Waals surface area (Å²) < 4.78 is 265. The Hall–Kier alpha value is -3.15. The Morgan fingerprint density at radius 1 is 0.420 bits per heavy atom. The number of hydrogen-bond donors (Lipinski definition) is 0. The molecule has 0 radical (unpaired) electrons. The topological polar surface area (TPSA) is 43.4 Å². The number of rotatable bonds is 11. The Bertz CT molecular complexity index is 1920. The standard InChI is InChI=1S/C28H14F17IO3S/c29-21(30,23(33,34)25(37,38)27(41,42)43)22(31,32)24(35,36)26(39,40)28(44,45)50(47,48)49-46(19-13-5-9-15-7-1-3-11-17(15)19)20-14-6-10-16-8-2-4-12-18(16)20/h1-14H. The monoisotopic (exact) mass is 880 g/mol. The summed E-state index contributed by atoms with van der Waals surface area (Å²) in [5.41, 5.74) is 0. The summed E-state index contributed by atoms with van der Waals surface area (Å²) in [6.45, 7) is 0. The molecule has 0 amide bonds. The Labute approximate surface area is 276 Å². The molecule has 4 aromatic rings. The van der Waals surface area contributed by atoms with E-state index in [4.69, 9.17) is 0 Å². The van der Waals surface area contributed by atoms with Gasteiger partial charge in [-0.15, -0.1) is 0 Å². The zero-order chi connectivity index (χ0) is 38.1. The van der Waals surface area contributed by atoms with Gasteiger partial charge in [-0.05, 0) is 0 Å². The molecule has 0 fully saturated rings. The fourth-order valence-corrected chi connectivity index (χ4v) is 12.1. The third-order valence-corrected chi connectivity index (χ3v) is 14.7. The van der Waals surface area contributed by atoms with Gasteiger partial charge in [0.2, 0.25) is 0 Å². The molecule has 0 saturated heterocycles. The first-order valence-corrected chi connectivity index (χ1v) is 17.3. The molecule has 4 aromatic carbocycles. The molecule has 0 aliphatic carbocycles. The van der Waals surface area contributed by atoms with Crippen molar-refractivity contribution in [2.24, 2.45) is 0 Å². The van der Waals surface area contributed by atoms with Crippen molar-refractivity contribution in [2.45, 2.75) is 47.0 Å². The fraction of sp³-hybridized carbons (Fsp3) is 0.286. The van der Waals surface area contributed by atoms with E-state index in [2.05, 4.69) is 2.51 Å². The van der Waals surface area contributed by atoms with Crippen LogP contribution in [-0.4, -0.2) is 55.4 Å². The van der Waals surface area contributed by atoms with Gasteiger partial charge in [-0.2, -0.15) is 0 Å². The van der Waals surface area contributed by atoms with E-state index in [0.717, 1.165) is 12.1 Å². The SMILES string of the molecule is O=S(=O)(OI(c1cccc2ccccc12)c1cccc2ccccc12)C(F)(F)C(F)(F)C(F)(F)C(F)(F)C(F)(F)C(F)(F)C(F)(F)C(F)(F)F. The predicted octanol–water partition coefficient (Wildman–Crippen LogP) is 10.8. The van der Waals surface area contributed by atoms with Crippen LogP contribution >= 0.6 is 20.2 Å². The van der Waals surface area contributed by atoms with Crippen LogP contribution in [0.3, 0.4) is 0 Å². The van der Waals surface area contributed by atoms with Gasteiger partial charge in [-0.25, -0.2) is 0 Å². The Kier molecular flexibility index (Phi) is 9.69. The molecule has 4 rings (SSSR count). The van der Waals surface area contributed by atoms with Crippen LogP contribution in [0.1, 0.15) is 0 Å². The van der Waals surface area contributed by atoms with Gasteiger partial charge in [-0.3, -0.25) is 0 Å². The van der Waals surface area contributed by atoms with Gasteiger partial charge in [0.1, 0.15) is 0 Å². The number of alkyl halides is 17. The molecule has 276 valence electrons. The maximum atomic E-state index is 15.1. The summed E-state index contributed by atoms with van der Waals surface area (Å²) in [5, 5.41) is -7.33. The van der Waals surface area contributed by atoms with Gasteiger partial charge in [-0.1, -0.05) is 0 Å². The van der Waals surface area contributed by atoms with Crippen LogP contribution < -0.4 is 0 Å². The van der Waals surface area contributed by atoms with E-state index < -0.39 is 77.3 Å². The Balaban J connectivity index is 1.89. The van der Waals surface area contributed by atoms with E-state index in [9.17, 15) is 74.3 Å². The van der Waals surface area contributed by atoms with E-state index in [0.29, 0.717) is 0 Å². The van der Waals surface area contributed by atoms with Crippen LogP contribution in [0.15, 0.2) is 84.9 Å². The molecule has 3 nitrogen and oxygen atoms in total. The molecule has 0 saturated carbocycles. The summed E-state index contributed by atoms with van der Waals surface area (Å²) in [6, 6.07) is 18.0. The van der Waals surface area contributed by atoms with Gasteiger partial charge in [0.15, 0.2) is 0 Å². The van der Waals surface area contributed by atoms with Gasteiger partial charge in [0.05, 0.1) is 0 Å². The van der Waals surface area contributed by atoms with Gasteiger partial charge in [0.25, 0.3) is 0 Å². The number of fused-ring (bicyclic) bond motifs is 2. The molecular weight excluding hydrogens is 866 g/mol. The normalized spacial score (nSPS) is 15.1. The molecule has 0 bridgehead atoms. The van der Waals surface area contributed by atoms with Gasteiger partial charge >= 0.3 is 277 Å². The van der Waals surface area contributed by atoms with E-state index in [1.165, 1.54) is 72.8 Å². The molecule has 22 heteroatoms. The average molecular weight is 880 g/mol. The first-order valence-electron chi connectivity index (χ1n) is 12.8. The Morgan fingerprint density at radius 3 is 1.12 bits per heavy atom. The summed E-state index contributed by atoms with van der Waals surface area (Å²) in [6.07, 6.45) is -7.92. The van der Waals surface area contributed by atoms with Crippen LogP contribution in [0, 0.1) is 7.14 Å². The van der Waals surface area contributed by atoms with Crippen LogP contribution in [0.4, 0.5) is 74.6 Å².